The van der Waals surface area contributed by atoms with Crippen LogP contribution in [-0.4, -0.2) is 0 Å². The van der Waals surface area contributed by atoms with Gasteiger partial charge in [0.05, 0.1) is 0 Å². The predicted molar refractivity (Wildman–Crippen MR) is 64.7 cm³/mol. The molecule has 1 atom stereocenters. The monoisotopic (exact) mass is 203 g/mol. The first-order valence-electron chi connectivity index (χ1n) is 6.08. The van der Waals surface area contributed by atoms with Crippen molar-refractivity contribution >= 4 is 0 Å². The van der Waals surface area contributed by atoms with Crippen LogP contribution in [0.3, 0.4) is 0 Å². The fourth-order valence-electron chi connectivity index (χ4n) is 2.64. The third kappa shape index (κ3) is 2.82. The van der Waals surface area contributed by atoms with E-state index in [0.717, 1.165) is 5.92 Å². The summed E-state index contributed by atoms with van der Waals surface area (Å²) in [5.41, 5.74) is 8.87. The molecular formula is C14H21N. The summed E-state index contributed by atoms with van der Waals surface area (Å²) in [6.45, 7) is 2.13. The Morgan fingerprint density at radius 1 is 1.33 bits per heavy atom. The molecule has 1 aliphatic rings. The van der Waals surface area contributed by atoms with Gasteiger partial charge in [0.15, 0.2) is 0 Å². The zero-order chi connectivity index (χ0) is 10.7. The zero-order valence-corrected chi connectivity index (χ0v) is 9.58. The Kier molecular flexibility index (Phi) is 3.42. The van der Waals surface area contributed by atoms with E-state index in [-0.39, 0.29) is 6.04 Å². The standard InChI is InChI=1S/C14H21N/c1-11-5-4-8-13(9-11)14(15)10-12-6-2-3-7-12/h4-5,8-9,12,14H,2-3,6-7,10,15H2,1H3. The quantitative estimate of drug-likeness (QED) is 0.798. The van der Waals surface area contributed by atoms with E-state index < -0.39 is 0 Å². The molecule has 15 heavy (non-hydrogen) atoms. The maximum atomic E-state index is 6.24. The molecule has 1 saturated carbocycles. The second-order valence-corrected chi connectivity index (χ2v) is 4.91. The van der Waals surface area contributed by atoms with Crippen LogP contribution in [0, 0.1) is 12.8 Å². The van der Waals surface area contributed by atoms with Crippen molar-refractivity contribution in [2.75, 3.05) is 0 Å². The number of rotatable bonds is 3. The van der Waals surface area contributed by atoms with Gasteiger partial charge in [0, 0.05) is 6.04 Å². The summed E-state index contributed by atoms with van der Waals surface area (Å²) in [5, 5.41) is 0. The number of nitrogens with two attached hydrogens (primary N) is 1. The molecule has 0 heterocycles. The van der Waals surface area contributed by atoms with Gasteiger partial charge in [-0.2, -0.15) is 0 Å². The lowest BCUT2D eigenvalue weighted by atomic mass is 9.93. The van der Waals surface area contributed by atoms with Crippen molar-refractivity contribution in [3.63, 3.8) is 0 Å². The van der Waals surface area contributed by atoms with Crippen LogP contribution >= 0.6 is 0 Å². The lowest BCUT2D eigenvalue weighted by molar-refractivity contribution is 0.451. The van der Waals surface area contributed by atoms with E-state index in [2.05, 4.69) is 31.2 Å². The van der Waals surface area contributed by atoms with Crippen LogP contribution in [0.2, 0.25) is 0 Å². The molecular weight excluding hydrogens is 182 g/mol. The second-order valence-electron chi connectivity index (χ2n) is 4.91. The van der Waals surface area contributed by atoms with Gasteiger partial charge in [0.1, 0.15) is 0 Å². The average molecular weight is 203 g/mol. The van der Waals surface area contributed by atoms with Crippen LogP contribution in [0.25, 0.3) is 0 Å². The van der Waals surface area contributed by atoms with Crippen molar-refractivity contribution in [2.45, 2.75) is 45.1 Å². The summed E-state index contributed by atoms with van der Waals surface area (Å²) in [7, 11) is 0. The molecule has 1 aromatic rings. The third-order valence-corrected chi connectivity index (χ3v) is 3.53. The average Bonchev–Trinajstić information content (AvgIpc) is 2.70. The second kappa shape index (κ2) is 4.80. The lowest BCUT2D eigenvalue weighted by Gasteiger charge is -2.16. The molecule has 2 N–H and O–H groups in total. The minimum Gasteiger partial charge on any atom is -0.324 e. The molecule has 82 valence electrons. The first kappa shape index (κ1) is 10.7. The van der Waals surface area contributed by atoms with Crippen molar-refractivity contribution in [3.05, 3.63) is 35.4 Å². The molecule has 0 bridgehead atoms. The Labute approximate surface area is 92.7 Å². The van der Waals surface area contributed by atoms with E-state index in [1.807, 2.05) is 0 Å². The first-order chi connectivity index (χ1) is 7.25. The predicted octanol–water partition coefficient (Wildman–Crippen LogP) is 3.58. The van der Waals surface area contributed by atoms with Gasteiger partial charge in [-0.1, -0.05) is 55.5 Å². The highest BCUT2D eigenvalue weighted by molar-refractivity contribution is 5.24. The topological polar surface area (TPSA) is 26.0 Å². The summed E-state index contributed by atoms with van der Waals surface area (Å²) in [4.78, 5) is 0. The van der Waals surface area contributed by atoms with E-state index in [4.69, 9.17) is 5.73 Å². The third-order valence-electron chi connectivity index (χ3n) is 3.53. The highest BCUT2D eigenvalue weighted by Crippen LogP contribution is 2.32. The zero-order valence-electron chi connectivity index (χ0n) is 9.58. The van der Waals surface area contributed by atoms with Gasteiger partial charge in [-0.25, -0.2) is 0 Å². The van der Waals surface area contributed by atoms with Gasteiger partial charge >= 0.3 is 0 Å². The fraction of sp³-hybridized carbons (Fsp3) is 0.571. The SMILES string of the molecule is Cc1cccc(C(N)CC2CCCC2)c1. The largest absolute Gasteiger partial charge is 0.324 e. The Hall–Kier alpha value is -0.820. The molecule has 0 spiro atoms. The van der Waals surface area contributed by atoms with E-state index >= 15 is 0 Å². The summed E-state index contributed by atoms with van der Waals surface area (Å²) in [6.07, 6.45) is 6.76. The summed E-state index contributed by atoms with van der Waals surface area (Å²) < 4.78 is 0. The smallest absolute Gasteiger partial charge is 0.0297 e. The van der Waals surface area contributed by atoms with Crippen LogP contribution in [0.5, 0.6) is 0 Å². The Bertz CT molecular complexity index is 313. The molecule has 1 nitrogen and oxygen atoms in total. The number of aryl methyl sites for hydroxylation is 1. The fourth-order valence-corrected chi connectivity index (χ4v) is 2.64. The Morgan fingerprint density at radius 3 is 2.73 bits per heavy atom. The molecule has 0 saturated heterocycles. The lowest BCUT2D eigenvalue weighted by Crippen LogP contribution is -2.14. The first-order valence-corrected chi connectivity index (χ1v) is 6.08. The van der Waals surface area contributed by atoms with Crippen LogP contribution in [0.4, 0.5) is 0 Å². The van der Waals surface area contributed by atoms with Gasteiger partial charge in [-0.05, 0) is 24.8 Å². The van der Waals surface area contributed by atoms with E-state index in [1.165, 1.54) is 43.2 Å². The summed E-state index contributed by atoms with van der Waals surface area (Å²) >= 11 is 0. The van der Waals surface area contributed by atoms with Gasteiger partial charge < -0.3 is 5.73 Å². The molecule has 0 aliphatic heterocycles. The minimum atomic E-state index is 0.244. The molecule has 0 amide bonds. The van der Waals surface area contributed by atoms with Crippen LogP contribution in [-0.2, 0) is 0 Å². The number of hydrogen-bond donors (Lipinski definition) is 1. The van der Waals surface area contributed by atoms with Crippen molar-refractivity contribution in [2.24, 2.45) is 11.7 Å². The molecule has 1 heteroatoms. The van der Waals surface area contributed by atoms with E-state index in [1.54, 1.807) is 0 Å². The van der Waals surface area contributed by atoms with Gasteiger partial charge in [0.25, 0.3) is 0 Å². The van der Waals surface area contributed by atoms with Gasteiger partial charge in [-0.3, -0.25) is 0 Å². The molecule has 1 aliphatic carbocycles. The van der Waals surface area contributed by atoms with Crippen molar-refractivity contribution in [3.8, 4) is 0 Å². The molecule has 0 aromatic heterocycles. The highest BCUT2D eigenvalue weighted by atomic mass is 14.6. The molecule has 2 rings (SSSR count). The van der Waals surface area contributed by atoms with Crippen molar-refractivity contribution in [1.82, 2.24) is 0 Å². The van der Waals surface area contributed by atoms with Crippen molar-refractivity contribution in [1.29, 1.82) is 0 Å². The maximum Gasteiger partial charge on any atom is 0.0297 e. The summed E-state index contributed by atoms with van der Waals surface area (Å²) in [5.74, 6) is 0.875. The molecule has 1 fully saturated rings. The van der Waals surface area contributed by atoms with Crippen LogP contribution in [0.15, 0.2) is 24.3 Å². The number of benzene rings is 1. The molecule has 1 aromatic carbocycles. The van der Waals surface area contributed by atoms with Crippen LogP contribution in [0.1, 0.15) is 49.3 Å². The Morgan fingerprint density at radius 2 is 2.07 bits per heavy atom. The highest BCUT2D eigenvalue weighted by Gasteiger charge is 2.18. The van der Waals surface area contributed by atoms with Gasteiger partial charge in [-0.15, -0.1) is 0 Å². The Balaban J connectivity index is 1.97. The summed E-state index contributed by atoms with van der Waals surface area (Å²) in [6, 6.07) is 8.87. The van der Waals surface area contributed by atoms with Crippen LogP contribution < -0.4 is 5.73 Å². The molecule has 0 radical (unpaired) electrons. The normalized spacial score (nSPS) is 19.3. The van der Waals surface area contributed by atoms with E-state index in [0.29, 0.717) is 0 Å². The number of hydrogen-bond acceptors (Lipinski definition) is 1. The molecule has 1 unspecified atom stereocenters. The van der Waals surface area contributed by atoms with Gasteiger partial charge in [0.2, 0.25) is 0 Å². The minimum absolute atomic E-state index is 0.244. The van der Waals surface area contributed by atoms with Crippen molar-refractivity contribution < 1.29 is 0 Å². The maximum absolute atomic E-state index is 6.24. The van der Waals surface area contributed by atoms with E-state index in [9.17, 15) is 0 Å².